The van der Waals surface area contributed by atoms with Crippen molar-refractivity contribution in [1.29, 1.82) is 5.26 Å². The van der Waals surface area contributed by atoms with Gasteiger partial charge < -0.3 is 19.9 Å². The second-order valence-electron chi connectivity index (χ2n) is 4.44. The molecule has 0 aromatic rings. The van der Waals surface area contributed by atoms with Crippen molar-refractivity contribution in [3.63, 3.8) is 0 Å². The standard InChI is InChI=1S/C12H22N2O3/c1-15-5-2-6-16-7-8-17-10-12(14,9-13)11-3-4-11/h11H,2-8,10,14H2,1H3. The Kier molecular flexibility index (Phi) is 6.45. The van der Waals surface area contributed by atoms with E-state index in [-0.39, 0.29) is 0 Å². The molecule has 0 spiro atoms. The van der Waals surface area contributed by atoms with Crippen LogP contribution in [0.1, 0.15) is 19.3 Å². The summed E-state index contributed by atoms with van der Waals surface area (Å²) in [5.41, 5.74) is 5.14. The molecule has 1 saturated carbocycles. The molecule has 5 heteroatoms. The smallest absolute Gasteiger partial charge is 0.130 e. The van der Waals surface area contributed by atoms with E-state index in [4.69, 9.17) is 25.2 Å². The molecule has 1 fully saturated rings. The van der Waals surface area contributed by atoms with Crippen molar-refractivity contribution in [1.82, 2.24) is 0 Å². The molecule has 98 valence electrons. The van der Waals surface area contributed by atoms with E-state index in [9.17, 15) is 0 Å². The Balaban J connectivity index is 1.95. The monoisotopic (exact) mass is 242 g/mol. The van der Waals surface area contributed by atoms with Crippen LogP contribution in [0.4, 0.5) is 0 Å². The molecule has 0 aromatic heterocycles. The van der Waals surface area contributed by atoms with Gasteiger partial charge in [0.15, 0.2) is 0 Å². The van der Waals surface area contributed by atoms with E-state index in [1.165, 1.54) is 0 Å². The van der Waals surface area contributed by atoms with Gasteiger partial charge in [0.05, 0.1) is 25.9 Å². The third kappa shape index (κ3) is 5.46. The van der Waals surface area contributed by atoms with E-state index in [1.807, 2.05) is 0 Å². The highest BCUT2D eigenvalue weighted by molar-refractivity contribution is 5.13. The number of hydrogen-bond acceptors (Lipinski definition) is 5. The summed E-state index contributed by atoms with van der Waals surface area (Å²) in [6, 6.07) is 2.15. The molecule has 1 rings (SSSR count). The van der Waals surface area contributed by atoms with Gasteiger partial charge in [0.2, 0.25) is 0 Å². The summed E-state index contributed by atoms with van der Waals surface area (Å²) in [6.07, 6.45) is 2.97. The summed E-state index contributed by atoms with van der Waals surface area (Å²) in [4.78, 5) is 0. The summed E-state index contributed by atoms with van der Waals surface area (Å²) in [7, 11) is 1.67. The molecule has 0 saturated heterocycles. The average molecular weight is 242 g/mol. The van der Waals surface area contributed by atoms with Crippen LogP contribution in [0.2, 0.25) is 0 Å². The van der Waals surface area contributed by atoms with Crippen LogP contribution in [0.15, 0.2) is 0 Å². The summed E-state index contributed by atoms with van der Waals surface area (Å²) in [6.45, 7) is 2.71. The Morgan fingerprint density at radius 3 is 2.53 bits per heavy atom. The van der Waals surface area contributed by atoms with Gasteiger partial charge in [-0.25, -0.2) is 0 Å². The van der Waals surface area contributed by atoms with Crippen molar-refractivity contribution in [2.45, 2.75) is 24.8 Å². The lowest BCUT2D eigenvalue weighted by Crippen LogP contribution is -2.45. The van der Waals surface area contributed by atoms with Crippen molar-refractivity contribution >= 4 is 0 Å². The number of nitriles is 1. The van der Waals surface area contributed by atoms with Crippen LogP contribution in [0.25, 0.3) is 0 Å². The molecule has 0 aliphatic heterocycles. The maximum atomic E-state index is 9.00. The van der Waals surface area contributed by atoms with Gasteiger partial charge in [0, 0.05) is 20.3 Å². The van der Waals surface area contributed by atoms with Crippen LogP contribution in [0.3, 0.4) is 0 Å². The van der Waals surface area contributed by atoms with E-state index in [2.05, 4.69) is 6.07 Å². The molecule has 1 unspecified atom stereocenters. The Morgan fingerprint density at radius 2 is 1.94 bits per heavy atom. The van der Waals surface area contributed by atoms with Gasteiger partial charge >= 0.3 is 0 Å². The van der Waals surface area contributed by atoms with Crippen molar-refractivity contribution in [2.24, 2.45) is 11.7 Å². The Bertz CT molecular complexity index is 251. The van der Waals surface area contributed by atoms with Gasteiger partial charge in [-0.05, 0) is 25.2 Å². The molecular formula is C12H22N2O3. The van der Waals surface area contributed by atoms with Gasteiger partial charge in [-0.3, -0.25) is 0 Å². The van der Waals surface area contributed by atoms with E-state index in [1.54, 1.807) is 7.11 Å². The van der Waals surface area contributed by atoms with Crippen LogP contribution in [0, 0.1) is 17.2 Å². The maximum Gasteiger partial charge on any atom is 0.130 e. The molecule has 0 bridgehead atoms. The van der Waals surface area contributed by atoms with E-state index in [0.717, 1.165) is 19.3 Å². The van der Waals surface area contributed by atoms with Gasteiger partial charge in [-0.1, -0.05) is 0 Å². The van der Waals surface area contributed by atoms with Crippen molar-refractivity contribution in [2.75, 3.05) is 40.1 Å². The first kappa shape index (κ1) is 14.4. The summed E-state index contributed by atoms with van der Waals surface area (Å²) < 4.78 is 15.6. The molecule has 0 amide bonds. The van der Waals surface area contributed by atoms with Gasteiger partial charge in [0.25, 0.3) is 0 Å². The zero-order valence-corrected chi connectivity index (χ0v) is 10.5. The van der Waals surface area contributed by atoms with E-state index in [0.29, 0.717) is 39.0 Å². The lowest BCUT2D eigenvalue weighted by Gasteiger charge is -2.20. The Morgan fingerprint density at radius 1 is 1.24 bits per heavy atom. The van der Waals surface area contributed by atoms with Gasteiger partial charge in [-0.2, -0.15) is 5.26 Å². The molecule has 2 N–H and O–H groups in total. The largest absolute Gasteiger partial charge is 0.385 e. The minimum Gasteiger partial charge on any atom is -0.385 e. The first-order valence-electron chi connectivity index (χ1n) is 6.07. The molecule has 0 radical (unpaired) electrons. The number of nitrogens with zero attached hydrogens (tertiary/aromatic N) is 1. The third-order valence-corrected chi connectivity index (χ3v) is 2.86. The number of hydrogen-bond donors (Lipinski definition) is 1. The minimum atomic E-state index is -0.796. The first-order valence-corrected chi connectivity index (χ1v) is 6.07. The SMILES string of the molecule is COCCCOCCOCC(N)(C#N)C1CC1. The van der Waals surface area contributed by atoms with Gasteiger partial charge in [-0.15, -0.1) is 0 Å². The number of nitrogens with two attached hydrogens (primary N) is 1. The molecule has 17 heavy (non-hydrogen) atoms. The molecule has 5 nitrogen and oxygen atoms in total. The van der Waals surface area contributed by atoms with E-state index < -0.39 is 5.54 Å². The van der Waals surface area contributed by atoms with Gasteiger partial charge in [0.1, 0.15) is 5.54 Å². The predicted molar refractivity (Wildman–Crippen MR) is 63.4 cm³/mol. The van der Waals surface area contributed by atoms with Crippen LogP contribution < -0.4 is 5.73 Å². The molecule has 1 aliphatic rings. The highest BCUT2D eigenvalue weighted by atomic mass is 16.5. The van der Waals surface area contributed by atoms with Crippen LogP contribution >= 0.6 is 0 Å². The highest BCUT2D eigenvalue weighted by Crippen LogP contribution is 2.37. The molecule has 1 aliphatic carbocycles. The second kappa shape index (κ2) is 7.62. The van der Waals surface area contributed by atoms with Crippen molar-refractivity contribution in [3.8, 4) is 6.07 Å². The molecule has 0 heterocycles. The fraction of sp³-hybridized carbons (Fsp3) is 0.917. The van der Waals surface area contributed by atoms with Crippen LogP contribution in [0.5, 0.6) is 0 Å². The predicted octanol–water partition coefficient (Wildman–Crippen LogP) is 0.687. The molecular weight excluding hydrogens is 220 g/mol. The lowest BCUT2D eigenvalue weighted by molar-refractivity contribution is 0.0265. The fourth-order valence-corrected chi connectivity index (χ4v) is 1.61. The van der Waals surface area contributed by atoms with E-state index >= 15 is 0 Å². The molecule has 1 atom stereocenters. The quantitative estimate of drug-likeness (QED) is 0.570. The summed E-state index contributed by atoms with van der Waals surface area (Å²) >= 11 is 0. The first-order chi connectivity index (χ1) is 8.23. The zero-order valence-electron chi connectivity index (χ0n) is 10.5. The number of methoxy groups -OCH3 is 1. The lowest BCUT2D eigenvalue weighted by atomic mass is 9.98. The summed E-state index contributed by atoms with van der Waals surface area (Å²) in [5, 5.41) is 9.00. The zero-order chi connectivity index (χ0) is 12.6. The topological polar surface area (TPSA) is 77.5 Å². The second-order valence-corrected chi connectivity index (χ2v) is 4.44. The number of rotatable bonds is 10. The fourth-order valence-electron chi connectivity index (χ4n) is 1.61. The molecule has 0 aromatic carbocycles. The third-order valence-electron chi connectivity index (χ3n) is 2.86. The highest BCUT2D eigenvalue weighted by Gasteiger charge is 2.42. The van der Waals surface area contributed by atoms with Crippen molar-refractivity contribution < 1.29 is 14.2 Å². The summed E-state index contributed by atoms with van der Waals surface area (Å²) in [5.74, 6) is 0.315. The van der Waals surface area contributed by atoms with Crippen LogP contribution in [-0.4, -0.2) is 45.7 Å². The minimum absolute atomic E-state index is 0.301. The maximum absolute atomic E-state index is 9.00. The number of ether oxygens (including phenoxy) is 3. The van der Waals surface area contributed by atoms with Crippen LogP contribution in [-0.2, 0) is 14.2 Å². The Labute approximate surface area is 103 Å². The Hall–Kier alpha value is -0.670. The normalized spacial score (nSPS) is 18.6. The average Bonchev–Trinajstić information content (AvgIpc) is 3.16. The van der Waals surface area contributed by atoms with Crippen molar-refractivity contribution in [3.05, 3.63) is 0 Å².